The number of thiophene rings is 1. The summed E-state index contributed by atoms with van der Waals surface area (Å²) in [5, 5.41) is 0.768. The van der Waals surface area contributed by atoms with E-state index in [-0.39, 0.29) is 11.5 Å². The average Bonchev–Trinajstić information content (AvgIpc) is 3.00. The van der Waals surface area contributed by atoms with E-state index >= 15 is 0 Å². The number of hydrogen-bond donors (Lipinski definition) is 0. The van der Waals surface area contributed by atoms with Gasteiger partial charge < -0.3 is 4.74 Å². The van der Waals surface area contributed by atoms with E-state index in [0.717, 1.165) is 29.5 Å². The van der Waals surface area contributed by atoms with Crippen molar-refractivity contribution >= 4 is 27.5 Å². The molecule has 134 valence electrons. The Bertz CT molecular complexity index is 1050. The first-order valence-electron chi connectivity index (χ1n) is 8.91. The summed E-state index contributed by atoms with van der Waals surface area (Å²) in [5.41, 5.74) is 2.36. The Labute approximate surface area is 155 Å². The molecule has 6 heteroatoms. The lowest BCUT2D eigenvalue weighted by atomic mass is 9.97. The molecule has 2 aromatic heterocycles. The van der Waals surface area contributed by atoms with E-state index in [0.29, 0.717) is 23.7 Å². The number of fused-ring (bicyclic) bond motifs is 3. The molecule has 0 N–H and O–H groups in total. The largest absolute Gasteiger partial charge is 0.462 e. The molecule has 1 aliphatic carbocycles. The summed E-state index contributed by atoms with van der Waals surface area (Å²) in [6.45, 7) is 3.96. The molecule has 5 nitrogen and oxygen atoms in total. The first-order chi connectivity index (χ1) is 12.6. The van der Waals surface area contributed by atoms with Gasteiger partial charge in [0.1, 0.15) is 10.7 Å². The highest BCUT2D eigenvalue weighted by atomic mass is 32.1. The third-order valence-corrected chi connectivity index (χ3v) is 5.98. The Morgan fingerprint density at radius 1 is 1.23 bits per heavy atom. The van der Waals surface area contributed by atoms with Crippen molar-refractivity contribution in [2.45, 2.75) is 39.5 Å². The van der Waals surface area contributed by atoms with Crippen LogP contribution in [0.3, 0.4) is 0 Å². The van der Waals surface area contributed by atoms with E-state index in [1.807, 2.05) is 6.92 Å². The van der Waals surface area contributed by atoms with Crippen LogP contribution in [0, 0.1) is 6.92 Å². The Kier molecular flexibility index (Phi) is 4.36. The minimum Gasteiger partial charge on any atom is -0.462 e. The highest BCUT2D eigenvalue weighted by Crippen LogP contribution is 2.34. The molecule has 1 aliphatic rings. The fourth-order valence-electron chi connectivity index (χ4n) is 3.57. The van der Waals surface area contributed by atoms with Gasteiger partial charge in [-0.3, -0.25) is 9.36 Å². The normalized spacial score (nSPS) is 13.6. The standard InChI is InChI=1S/C20H20N2O3S/c1-3-25-20(24)13-8-10-14(11-9-13)22-12(2)21-18-17(19(22)23)15-6-4-5-7-16(15)26-18/h8-11H,3-7H2,1-2H3. The van der Waals surface area contributed by atoms with Crippen LogP contribution in [0.25, 0.3) is 15.9 Å². The van der Waals surface area contributed by atoms with Gasteiger partial charge in [-0.25, -0.2) is 9.78 Å². The second-order valence-electron chi connectivity index (χ2n) is 6.46. The Morgan fingerprint density at radius 3 is 2.69 bits per heavy atom. The number of nitrogens with zero attached hydrogens (tertiary/aromatic N) is 2. The summed E-state index contributed by atoms with van der Waals surface area (Å²) >= 11 is 1.66. The lowest BCUT2D eigenvalue weighted by Gasteiger charge is -2.12. The molecule has 0 saturated heterocycles. The molecule has 4 rings (SSSR count). The van der Waals surface area contributed by atoms with Gasteiger partial charge in [-0.15, -0.1) is 11.3 Å². The lowest BCUT2D eigenvalue weighted by molar-refractivity contribution is 0.0526. The molecule has 0 spiro atoms. The van der Waals surface area contributed by atoms with Crippen LogP contribution in [0.1, 0.15) is 46.4 Å². The Morgan fingerprint density at radius 2 is 1.96 bits per heavy atom. The zero-order chi connectivity index (χ0) is 18.3. The lowest BCUT2D eigenvalue weighted by Crippen LogP contribution is -2.22. The number of ether oxygens (including phenoxy) is 1. The monoisotopic (exact) mass is 368 g/mol. The van der Waals surface area contributed by atoms with Crippen LogP contribution < -0.4 is 5.56 Å². The number of aryl methyl sites for hydroxylation is 3. The van der Waals surface area contributed by atoms with Crippen molar-refractivity contribution < 1.29 is 9.53 Å². The third-order valence-electron chi connectivity index (χ3n) is 4.79. The number of hydrogen-bond acceptors (Lipinski definition) is 5. The molecular weight excluding hydrogens is 348 g/mol. The second kappa shape index (κ2) is 6.68. The van der Waals surface area contributed by atoms with Gasteiger partial charge in [0, 0.05) is 4.88 Å². The number of benzene rings is 1. The zero-order valence-electron chi connectivity index (χ0n) is 14.9. The van der Waals surface area contributed by atoms with Crippen molar-refractivity contribution in [2.24, 2.45) is 0 Å². The summed E-state index contributed by atoms with van der Waals surface area (Å²) in [4.78, 5) is 31.9. The van der Waals surface area contributed by atoms with Crippen molar-refractivity contribution in [2.75, 3.05) is 6.61 Å². The van der Waals surface area contributed by atoms with E-state index in [2.05, 4.69) is 0 Å². The quantitative estimate of drug-likeness (QED) is 0.660. The molecule has 0 aliphatic heterocycles. The fraction of sp³-hybridized carbons (Fsp3) is 0.350. The fourth-order valence-corrected chi connectivity index (χ4v) is 4.87. The maximum Gasteiger partial charge on any atom is 0.338 e. The summed E-state index contributed by atoms with van der Waals surface area (Å²) in [6, 6.07) is 6.92. The van der Waals surface area contributed by atoms with Crippen LogP contribution in [-0.2, 0) is 17.6 Å². The molecule has 2 heterocycles. The molecule has 0 atom stereocenters. The van der Waals surface area contributed by atoms with Gasteiger partial charge in [0.15, 0.2) is 0 Å². The molecule has 0 bridgehead atoms. The summed E-state index contributed by atoms with van der Waals surface area (Å²) in [5.74, 6) is 0.300. The van der Waals surface area contributed by atoms with Gasteiger partial charge in [0.2, 0.25) is 0 Å². The van der Waals surface area contributed by atoms with Gasteiger partial charge >= 0.3 is 5.97 Å². The molecule has 26 heavy (non-hydrogen) atoms. The summed E-state index contributed by atoms with van der Waals surface area (Å²) < 4.78 is 6.65. The van der Waals surface area contributed by atoms with E-state index < -0.39 is 0 Å². The van der Waals surface area contributed by atoms with Crippen molar-refractivity contribution in [3.8, 4) is 5.69 Å². The number of esters is 1. The van der Waals surface area contributed by atoms with Gasteiger partial charge in [-0.1, -0.05) is 0 Å². The molecule has 0 amide bonds. The van der Waals surface area contributed by atoms with Crippen LogP contribution in [0.5, 0.6) is 0 Å². The van der Waals surface area contributed by atoms with Crippen LogP contribution in [-0.4, -0.2) is 22.1 Å². The highest BCUT2D eigenvalue weighted by Gasteiger charge is 2.21. The SMILES string of the molecule is CCOC(=O)c1ccc(-n2c(C)nc3sc4c(c3c2=O)CCCC4)cc1. The Balaban J connectivity index is 1.84. The number of rotatable bonds is 3. The van der Waals surface area contributed by atoms with Gasteiger partial charge in [0.05, 0.1) is 23.2 Å². The average molecular weight is 368 g/mol. The smallest absolute Gasteiger partial charge is 0.338 e. The van der Waals surface area contributed by atoms with E-state index in [1.54, 1.807) is 47.1 Å². The van der Waals surface area contributed by atoms with Crippen LogP contribution in [0.2, 0.25) is 0 Å². The van der Waals surface area contributed by atoms with Crippen molar-refractivity contribution in [3.05, 3.63) is 56.4 Å². The molecule has 0 saturated carbocycles. The minimum atomic E-state index is -0.358. The van der Waals surface area contributed by atoms with E-state index in [9.17, 15) is 9.59 Å². The van der Waals surface area contributed by atoms with Crippen LogP contribution >= 0.6 is 11.3 Å². The van der Waals surface area contributed by atoms with Crippen molar-refractivity contribution in [1.82, 2.24) is 9.55 Å². The molecule has 3 aromatic rings. The first-order valence-corrected chi connectivity index (χ1v) is 9.73. The summed E-state index contributed by atoms with van der Waals surface area (Å²) in [6.07, 6.45) is 4.31. The number of aromatic nitrogens is 2. The van der Waals surface area contributed by atoms with Gasteiger partial charge in [0.25, 0.3) is 5.56 Å². The molecular formula is C20H20N2O3S. The maximum atomic E-state index is 13.2. The second-order valence-corrected chi connectivity index (χ2v) is 7.54. The maximum absolute atomic E-state index is 13.2. The third kappa shape index (κ3) is 2.74. The Hall–Kier alpha value is -2.47. The van der Waals surface area contributed by atoms with Crippen LogP contribution in [0.4, 0.5) is 0 Å². The number of carbonyl (C=O) groups is 1. The van der Waals surface area contributed by atoms with Gasteiger partial charge in [-0.05, 0) is 69.4 Å². The van der Waals surface area contributed by atoms with Crippen molar-refractivity contribution in [3.63, 3.8) is 0 Å². The molecule has 0 radical (unpaired) electrons. The zero-order valence-corrected chi connectivity index (χ0v) is 15.7. The van der Waals surface area contributed by atoms with Gasteiger partial charge in [-0.2, -0.15) is 0 Å². The predicted molar refractivity (Wildman–Crippen MR) is 103 cm³/mol. The minimum absolute atomic E-state index is 0.0178. The van der Waals surface area contributed by atoms with Crippen LogP contribution in [0.15, 0.2) is 29.1 Å². The van der Waals surface area contributed by atoms with E-state index in [1.165, 1.54) is 16.9 Å². The first kappa shape index (κ1) is 17.0. The molecule has 0 unspecified atom stereocenters. The number of carbonyl (C=O) groups excluding carboxylic acids is 1. The summed E-state index contributed by atoms with van der Waals surface area (Å²) in [7, 11) is 0. The van der Waals surface area contributed by atoms with Crippen molar-refractivity contribution in [1.29, 1.82) is 0 Å². The predicted octanol–water partition coefficient (Wildman–Crippen LogP) is 3.81. The molecule has 1 aromatic carbocycles. The topological polar surface area (TPSA) is 61.2 Å². The highest BCUT2D eigenvalue weighted by molar-refractivity contribution is 7.18. The molecule has 0 fully saturated rings. The van der Waals surface area contributed by atoms with E-state index in [4.69, 9.17) is 9.72 Å².